The molecular weight excluding hydrogens is 615 g/mol. The first kappa shape index (κ1) is 31.1. The van der Waals surface area contributed by atoms with Crippen molar-refractivity contribution in [3.05, 3.63) is 83.4 Å². The molecular formula is C32H27F5N4O5. The maximum Gasteiger partial charge on any atom is 0.424 e. The highest BCUT2D eigenvalue weighted by Gasteiger charge is 2.58. The third kappa shape index (κ3) is 5.36. The van der Waals surface area contributed by atoms with Crippen molar-refractivity contribution < 1.29 is 46.1 Å². The standard InChI is InChI=1S/C32H27F5N4O5/c1-29(28(43)41-30(34)9-10-30)16-46-26-21(29)14-23(40-25(26)17-5-7-20(33)8-6-17)31(44,32(35,36)37)15-39-27(42)19-12-18-4-3-11-38-24(18)22(13-19)45-2/h3-8,11-14,44H,9-10,15-16H2,1-2H3,(H,39,42)(H,41,43)/t29-,31-/m0/s1. The lowest BCUT2D eigenvalue weighted by Crippen LogP contribution is -2.52. The topological polar surface area (TPSA) is 123 Å². The zero-order valence-corrected chi connectivity index (χ0v) is 24.5. The fourth-order valence-corrected chi connectivity index (χ4v) is 5.25. The highest BCUT2D eigenvalue weighted by Crippen LogP contribution is 2.49. The third-order valence-electron chi connectivity index (χ3n) is 8.27. The summed E-state index contributed by atoms with van der Waals surface area (Å²) in [6.07, 6.45) is -3.73. The SMILES string of the molecule is COc1cc(C(=O)NC[C@](O)(c2cc3c(c(-c4ccc(F)cc4)n2)OC[C@]3(C)C(=O)NC2(F)CC2)C(F)(F)F)cc2cccnc12. The second-order valence-corrected chi connectivity index (χ2v) is 11.6. The molecule has 1 fully saturated rings. The first-order valence-electron chi connectivity index (χ1n) is 14.1. The lowest BCUT2D eigenvalue weighted by molar-refractivity contribution is -0.265. The maximum absolute atomic E-state index is 14.8. The lowest BCUT2D eigenvalue weighted by atomic mass is 9.81. The number of benzene rings is 2. The normalized spacial score (nSPS) is 19.5. The Morgan fingerprint density at radius 3 is 2.48 bits per heavy atom. The van der Waals surface area contributed by atoms with Crippen LogP contribution < -0.4 is 20.1 Å². The van der Waals surface area contributed by atoms with Gasteiger partial charge in [0.1, 0.15) is 40.5 Å². The van der Waals surface area contributed by atoms with Gasteiger partial charge in [-0.15, -0.1) is 0 Å². The molecule has 0 bridgehead atoms. The number of fused-ring (bicyclic) bond motifs is 2. The Bertz CT molecular complexity index is 1860. The van der Waals surface area contributed by atoms with Gasteiger partial charge >= 0.3 is 6.18 Å². The summed E-state index contributed by atoms with van der Waals surface area (Å²) < 4.78 is 83.8. The zero-order valence-electron chi connectivity index (χ0n) is 24.5. The number of carbonyl (C=O) groups is 2. The lowest BCUT2D eigenvalue weighted by Gasteiger charge is -2.32. The third-order valence-corrected chi connectivity index (χ3v) is 8.27. The number of methoxy groups -OCH3 is 1. The Balaban J connectivity index is 1.42. The van der Waals surface area contributed by atoms with Crippen molar-refractivity contribution in [2.24, 2.45) is 0 Å². The van der Waals surface area contributed by atoms with E-state index in [-0.39, 0.29) is 53.3 Å². The average molecular weight is 643 g/mol. The van der Waals surface area contributed by atoms with Crippen LogP contribution >= 0.6 is 0 Å². The molecule has 240 valence electrons. The van der Waals surface area contributed by atoms with Crippen molar-refractivity contribution in [1.29, 1.82) is 0 Å². The number of rotatable bonds is 8. The molecule has 2 atom stereocenters. The van der Waals surface area contributed by atoms with Crippen LogP contribution in [0.5, 0.6) is 11.5 Å². The maximum atomic E-state index is 14.8. The molecule has 2 amide bonds. The van der Waals surface area contributed by atoms with Crippen LogP contribution in [-0.2, 0) is 15.8 Å². The number of nitrogens with zero attached hydrogens (tertiary/aromatic N) is 2. The predicted molar refractivity (Wildman–Crippen MR) is 154 cm³/mol. The average Bonchev–Trinajstić information content (AvgIpc) is 3.66. The Morgan fingerprint density at radius 1 is 1.11 bits per heavy atom. The summed E-state index contributed by atoms with van der Waals surface area (Å²) in [5, 5.41) is 16.2. The molecule has 0 saturated heterocycles. The van der Waals surface area contributed by atoms with E-state index in [2.05, 4.69) is 20.6 Å². The number of ether oxygens (including phenoxy) is 2. The van der Waals surface area contributed by atoms with Gasteiger partial charge in [-0.25, -0.2) is 13.8 Å². The van der Waals surface area contributed by atoms with E-state index in [1.54, 1.807) is 12.1 Å². The summed E-state index contributed by atoms with van der Waals surface area (Å²) in [5.41, 5.74) is -6.26. The van der Waals surface area contributed by atoms with E-state index < -0.39 is 52.9 Å². The highest BCUT2D eigenvalue weighted by atomic mass is 19.4. The second kappa shape index (κ2) is 10.9. The molecule has 0 spiro atoms. The van der Waals surface area contributed by atoms with Gasteiger partial charge in [0, 0.05) is 41.1 Å². The number of carbonyl (C=O) groups excluding carboxylic acids is 2. The number of hydrogen-bond acceptors (Lipinski definition) is 7. The first-order chi connectivity index (χ1) is 21.7. The molecule has 14 heteroatoms. The van der Waals surface area contributed by atoms with Gasteiger partial charge in [-0.2, -0.15) is 13.2 Å². The van der Waals surface area contributed by atoms with E-state index in [9.17, 15) is 36.6 Å². The van der Waals surface area contributed by atoms with E-state index in [4.69, 9.17) is 9.47 Å². The Morgan fingerprint density at radius 2 is 1.83 bits per heavy atom. The number of pyridine rings is 2. The van der Waals surface area contributed by atoms with E-state index >= 15 is 0 Å². The van der Waals surface area contributed by atoms with Gasteiger partial charge in [0.15, 0.2) is 5.79 Å². The monoisotopic (exact) mass is 642 g/mol. The summed E-state index contributed by atoms with van der Waals surface area (Å²) in [6, 6.07) is 11.4. The van der Waals surface area contributed by atoms with Crippen LogP contribution in [0.4, 0.5) is 22.0 Å². The molecule has 4 aromatic rings. The minimum atomic E-state index is -5.40. The second-order valence-electron chi connectivity index (χ2n) is 11.6. The number of alkyl halides is 4. The van der Waals surface area contributed by atoms with Crippen molar-refractivity contribution >= 4 is 22.7 Å². The number of nitrogens with one attached hydrogen (secondary N) is 2. The number of halogens is 5. The first-order valence-corrected chi connectivity index (χ1v) is 14.1. The zero-order chi connectivity index (χ0) is 33.1. The van der Waals surface area contributed by atoms with Gasteiger partial charge in [-0.1, -0.05) is 6.07 Å². The van der Waals surface area contributed by atoms with Gasteiger partial charge < -0.3 is 25.2 Å². The molecule has 2 aromatic carbocycles. The highest BCUT2D eigenvalue weighted by molar-refractivity contribution is 6.00. The predicted octanol–water partition coefficient (Wildman–Crippen LogP) is 4.85. The van der Waals surface area contributed by atoms with Crippen LogP contribution in [0, 0.1) is 5.82 Å². The van der Waals surface area contributed by atoms with Gasteiger partial charge in [0.2, 0.25) is 11.5 Å². The molecule has 6 rings (SSSR count). The van der Waals surface area contributed by atoms with Crippen molar-refractivity contribution in [3.63, 3.8) is 0 Å². The van der Waals surface area contributed by atoms with Crippen LogP contribution in [-0.4, -0.2) is 59.1 Å². The van der Waals surface area contributed by atoms with Crippen LogP contribution in [0.25, 0.3) is 22.2 Å². The Hall–Kier alpha value is -4.85. The molecule has 46 heavy (non-hydrogen) atoms. The smallest absolute Gasteiger partial charge is 0.424 e. The molecule has 2 aliphatic rings. The van der Waals surface area contributed by atoms with Crippen LogP contribution in [0.15, 0.2) is 60.8 Å². The Labute approximate surface area is 258 Å². The summed E-state index contributed by atoms with van der Waals surface area (Å²) in [6.45, 7) is -0.382. The molecule has 1 aliphatic heterocycles. The molecule has 2 aromatic heterocycles. The molecule has 3 heterocycles. The minimum Gasteiger partial charge on any atom is -0.494 e. The molecule has 1 aliphatic carbocycles. The largest absolute Gasteiger partial charge is 0.494 e. The molecule has 3 N–H and O–H groups in total. The number of hydrogen-bond donors (Lipinski definition) is 3. The molecule has 0 unspecified atom stereocenters. The van der Waals surface area contributed by atoms with Crippen LogP contribution in [0.3, 0.4) is 0 Å². The van der Waals surface area contributed by atoms with Gasteiger partial charge in [0.05, 0.1) is 19.3 Å². The summed E-state index contributed by atoms with van der Waals surface area (Å²) in [7, 11) is 1.35. The number of aliphatic hydroxyl groups is 1. The van der Waals surface area contributed by atoms with Crippen molar-refractivity contribution in [2.45, 2.75) is 42.8 Å². The van der Waals surface area contributed by atoms with E-state index in [1.807, 2.05) is 0 Å². The van der Waals surface area contributed by atoms with Crippen LogP contribution in [0.1, 0.15) is 41.4 Å². The number of amides is 2. The fraction of sp³-hybridized carbons (Fsp3) is 0.312. The van der Waals surface area contributed by atoms with Gasteiger partial charge in [-0.05, 0) is 55.5 Å². The van der Waals surface area contributed by atoms with Crippen molar-refractivity contribution in [2.75, 3.05) is 20.3 Å². The van der Waals surface area contributed by atoms with Gasteiger partial charge in [-0.3, -0.25) is 14.6 Å². The van der Waals surface area contributed by atoms with Crippen LogP contribution in [0.2, 0.25) is 0 Å². The summed E-state index contributed by atoms with van der Waals surface area (Å²) in [4.78, 5) is 34.8. The Kier molecular flexibility index (Phi) is 7.38. The number of aromatic nitrogens is 2. The fourth-order valence-electron chi connectivity index (χ4n) is 5.25. The molecule has 9 nitrogen and oxygen atoms in total. The summed E-state index contributed by atoms with van der Waals surface area (Å²) in [5.74, 6) is -4.24. The molecule has 0 radical (unpaired) electrons. The van der Waals surface area contributed by atoms with E-state index in [0.717, 1.165) is 18.2 Å². The quantitative estimate of drug-likeness (QED) is 0.186. The molecule has 1 saturated carbocycles. The van der Waals surface area contributed by atoms with E-state index in [1.165, 1.54) is 44.5 Å². The van der Waals surface area contributed by atoms with Crippen molar-refractivity contribution in [1.82, 2.24) is 20.6 Å². The van der Waals surface area contributed by atoms with E-state index in [0.29, 0.717) is 10.9 Å². The summed E-state index contributed by atoms with van der Waals surface area (Å²) >= 11 is 0. The van der Waals surface area contributed by atoms with Gasteiger partial charge in [0.25, 0.3) is 5.91 Å². The van der Waals surface area contributed by atoms with Crippen molar-refractivity contribution in [3.8, 4) is 22.8 Å². The minimum absolute atomic E-state index is 0.0614.